The van der Waals surface area contributed by atoms with Crippen molar-refractivity contribution in [2.24, 2.45) is 5.73 Å². The summed E-state index contributed by atoms with van der Waals surface area (Å²) in [4.78, 5) is 23.9. The molecule has 0 fully saturated rings. The topological polar surface area (TPSA) is 93.5 Å². The third-order valence-electron chi connectivity index (χ3n) is 5.07. The van der Waals surface area contributed by atoms with Gasteiger partial charge < -0.3 is 21.1 Å². The number of alkyl carbamates (subject to hydrolysis) is 1. The van der Waals surface area contributed by atoms with E-state index >= 15 is 0 Å². The molecule has 0 saturated carbocycles. The number of nitrogens with one attached hydrogen (secondary N) is 2. The van der Waals surface area contributed by atoms with Crippen LogP contribution in [0, 0.1) is 0 Å². The number of carbonyl (C=O) groups excluding carboxylic acids is 2. The summed E-state index contributed by atoms with van der Waals surface area (Å²) in [5.74, 6) is -0.123. The summed E-state index contributed by atoms with van der Waals surface area (Å²) in [7, 11) is 0. The molecule has 4 N–H and O–H groups in total. The molecule has 0 spiro atoms. The molecule has 1 unspecified atom stereocenters. The van der Waals surface area contributed by atoms with Gasteiger partial charge in [-0.15, -0.1) is 0 Å². The molecule has 1 aliphatic carbocycles. The first-order chi connectivity index (χ1) is 14.0. The van der Waals surface area contributed by atoms with E-state index in [1.807, 2.05) is 38.1 Å². The van der Waals surface area contributed by atoms with Crippen LogP contribution in [0.15, 0.2) is 48.5 Å². The molecule has 6 heteroatoms. The molecule has 2 aromatic carbocycles. The Labute approximate surface area is 171 Å². The van der Waals surface area contributed by atoms with Crippen molar-refractivity contribution in [3.63, 3.8) is 0 Å². The van der Waals surface area contributed by atoms with E-state index in [1.54, 1.807) is 0 Å². The van der Waals surface area contributed by atoms with Crippen LogP contribution in [-0.2, 0) is 9.53 Å². The first-order valence-electron chi connectivity index (χ1n) is 10.1. The van der Waals surface area contributed by atoms with Gasteiger partial charge in [0, 0.05) is 18.5 Å². The molecule has 154 valence electrons. The molecule has 0 bridgehead atoms. The number of benzene rings is 2. The average molecular weight is 396 g/mol. The van der Waals surface area contributed by atoms with Crippen molar-refractivity contribution in [1.29, 1.82) is 0 Å². The Balaban J connectivity index is 1.45. The van der Waals surface area contributed by atoms with Gasteiger partial charge in [0.05, 0.1) is 6.04 Å². The van der Waals surface area contributed by atoms with Crippen LogP contribution < -0.4 is 16.4 Å². The van der Waals surface area contributed by atoms with E-state index in [9.17, 15) is 9.59 Å². The van der Waals surface area contributed by atoms with E-state index in [0.717, 1.165) is 0 Å². The number of nitrogens with two attached hydrogens (primary N) is 1. The Morgan fingerprint density at radius 1 is 1.03 bits per heavy atom. The van der Waals surface area contributed by atoms with Gasteiger partial charge in [-0.3, -0.25) is 4.79 Å². The second kappa shape index (κ2) is 9.56. The van der Waals surface area contributed by atoms with Crippen molar-refractivity contribution in [2.45, 2.75) is 44.7 Å². The lowest BCUT2D eigenvalue weighted by molar-refractivity contribution is -0.123. The summed E-state index contributed by atoms with van der Waals surface area (Å²) in [5, 5.41) is 5.53. The van der Waals surface area contributed by atoms with Crippen molar-refractivity contribution >= 4 is 12.0 Å². The number of hydrogen-bond donors (Lipinski definition) is 3. The van der Waals surface area contributed by atoms with Gasteiger partial charge in [0.25, 0.3) is 0 Å². The number of hydrogen-bond acceptors (Lipinski definition) is 4. The standard InChI is InChI=1S/C23H29N3O3/c1-15(2)26-22(27)21(24)12-7-13-25-23(28)29-14-20-18-10-5-3-8-16(18)17-9-4-6-11-19(17)20/h3-6,8-11,15,20-21H,7,12-14,24H2,1-2H3,(H,25,28)(H,26,27). The van der Waals surface area contributed by atoms with Crippen LogP contribution in [0.1, 0.15) is 43.7 Å². The Kier molecular flexibility index (Phi) is 6.88. The number of amides is 2. The quantitative estimate of drug-likeness (QED) is 0.599. The van der Waals surface area contributed by atoms with Gasteiger partial charge in [0.15, 0.2) is 0 Å². The highest BCUT2D eigenvalue weighted by molar-refractivity contribution is 5.81. The molecule has 6 nitrogen and oxygen atoms in total. The van der Waals surface area contributed by atoms with E-state index in [0.29, 0.717) is 19.4 Å². The summed E-state index contributed by atoms with van der Waals surface area (Å²) in [6.07, 6.45) is 0.658. The highest BCUT2D eigenvalue weighted by Crippen LogP contribution is 2.44. The number of fused-ring (bicyclic) bond motifs is 3. The lowest BCUT2D eigenvalue weighted by atomic mass is 9.98. The van der Waals surface area contributed by atoms with Crippen LogP contribution >= 0.6 is 0 Å². The fourth-order valence-electron chi connectivity index (χ4n) is 3.68. The molecule has 0 heterocycles. The predicted octanol–water partition coefficient (Wildman–Crippen LogP) is 3.16. The van der Waals surface area contributed by atoms with E-state index in [1.165, 1.54) is 22.3 Å². The van der Waals surface area contributed by atoms with E-state index < -0.39 is 12.1 Å². The molecule has 3 rings (SSSR count). The Bertz CT molecular complexity index is 820. The summed E-state index contributed by atoms with van der Waals surface area (Å²) in [5.41, 5.74) is 10.6. The molecular formula is C23H29N3O3. The summed E-state index contributed by atoms with van der Waals surface area (Å²) < 4.78 is 5.49. The van der Waals surface area contributed by atoms with Crippen LogP contribution in [0.2, 0.25) is 0 Å². The van der Waals surface area contributed by atoms with Crippen molar-refractivity contribution < 1.29 is 14.3 Å². The first kappa shape index (κ1) is 20.9. The van der Waals surface area contributed by atoms with Crippen molar-refractivity contribution in [1.82, 2.24) is 10.6 Å². The molecule has 1 atom stereocenters. The Hall–Kier alpha value is -2.86. The molecule has 2 aromatic rings. The smallest absolute Gasteiger partial charge is 0.407 e. The average Bonchev–Trinajstić information content (AvgIpc) is 3.03. The summed E-state index contributed by atoms with van der Waals surface area (Å²) >= 11 is 0. The van der Waals surface area contributed by atoms with Crippen molar-refractivity contribution in [3.8, 4) is 11.1 Å². The van der Waals surface area contributed by atoms with Crippen molar-refractivity contribution in [3.05, 3.63) is 59.7 Å². The minimum Gasteiger partial charge on any atom is -0.449 e. The minimum atomic E-state index is -0.568. The molecule has 2 amide bonds. The van der Waals surface area contributed by atoms with Crippen LogP contribution in [-0.4, -0.2) is 37.2 Å². The van der Waals surface area contributed by atoms with Gasteiger partial charge in [-0.2, -0.15) is 0 Å². The third kappa shape index (κ3) is 5.15. The van der Waals surface area contributed by atoms with Gasteiger partial charge in [0.2, 0.25) is 5.91 Å². The van der Waals surface area contributed by atoms with E-state index in [4.69, 9.17) is 10.5 Å². The maximum absolute atomic E-state index is 12.1. The van der Waals surface area contributed by atoms with Gasteiger partial charge in [-0.1, -0.05) is 48.5 Å². The Morgan fingerprint density at radius 3 is 2.21 bits per heavy atom. The molecule has 29 heavy (non-hydrogen) atoms. The number of ether oxygens (including phenoxy) is 1. The highest BCUT2D eigenvalue weighted by Gasteiger charge is 2.28. The molecule has 1 aliphatic rings. The van der Waals surface area contributed by atoms with Crippen LogP contribution in [0.5, 0.6) is 0 Å². The van der Waals surface area contributed by atoms with Gasteiger partial charge >= 0.3 is 6.09 Å². The molecule has 0 aliphatic heterocycles. The normalized spacial score (nSPS) is 13.5. The molecule has 0 radical (unpaired) electrons. The maximum Gasteiger partial charge on any atom is 0.407 e. The highest BCUT2D eigenvalue weighted by atomic mass is 16.5. The number of rotatable bonds is 8. The van der Waals surface area contributed by atoms with Gasteiger partial charge in [-0.25, -0.2) is 4.79 Å². The fourth-order valence-corrected chi connectivity index (χ4v) is 3.68. The van der Waals surface area contributed by atoms with E-state index in [-0.39, 0.29) is 24.5 Å². The van der Waals surface area contributed by atoms with Crippen molar-refractivity contribution in [2.75, 3.05) is 13.2 Å². The van der Waals surface area contributed by atoms with Crippen LogP contribution in [0.3, 0.4) is 0 Å². The Morgan fingerprint density at radius 2 is 1.62 bits per heavy atom. The zero-order valence-corrected chi connectivity index (χ0v) is 17.0. The van der Waals surface area contributed by atoms with Crippen LogP contribution in [0.4, 0.5) is 4.79 Å². The summed E-state index contributed by atoms with van der Waals surface area (Å²) in [6.45, 7) is 4.49. The van der Waals surface area contributed by atoms with Gasteiger partial charge in [0.1, 0.15) is 6.61 Å². The molecule has 0 aromatic heterocycles. The monoisotopic (exact) mass is 395 g/mol. The summed E-state index contributed by atoms with van der Waals surface area (Å²) in [6, 6.07) is 16.0. The second-order valence-electron chi connectivity index (χ2n) is 7.66. The lowest BCUT2D eigenvalue weighted by Crippen LogP contribution is -2.43. The lowest BCUT2D eigenvalue weighted by Gasteiger charge is -2.16. The molecule has 0 saturated heterocycles. The largest absolute Gasteiger partial charge is 0.449 e. The van der Waals surface area contributed by atoms with E-state index in [2.05, 4.69) is 34.9 Å². The first-order valence-corrected chi connectivity index (χ1v) is 10.1. The third-order valence-corrected chi connectivity index (χ3v) is 5.07. The minimum absolute atomic E-state index is 0.0429. The molecular weight excluding hydrogens is 366 g/mol. The second-order valence-corrected chi connectivity index (χ2v) is 7.66. The van der Waals surface area contributed by atoms with Crippen LogP contribution in [0.25, 0.3) is 11.1 Å². The van der Waals surface area contributed by atoms with Gasteiger partial charge in [-0.05, 0) is 48.9 Å². The predicted molar refractivity (Wildman–Crippen MR) is 114 cm³/mol. The SMILES string of the molecule is CC(C)NC(=O)C(N)CCCNC(=O)OCC1c2ccccc2-c2ccccc21. The zero-order chi connectivity index (χ0) is 20.8. The number of carbonyl (C=O) groups is 2. The maximum atomic E-state index is 12.1. The zero-order valence-electron chi connectivity index (χ0n) is 17.0. The fraction of sp³-hybridized carbons (Fsp3) is 0.391.